The van der Waals surface area contributed by atoms with Crippen LogP contribution in [0.2, 0.25) is 0 Å². The highest BCUT2D eigenvalue weighted by molar-refractivity contribution is 6.09. The van der Waals surface area contributed by atoms with E-state index < -0.39 is 0 Å². The third kappa shape index (κ3) is 3.32. The molecule has 2 N–H and O–H groups in total. The van der Waals surface area contributed by atoms with Crippen LogP contribution in [0, 0.1) is 0 Å². The van der Waals surface area contributed by atoms with Crippen LogP contribution in [0.4, 0.5) is 11.4 Å². The van der Waals surface area contributed by atoms with Gasteiger partial charge in [-0.3, -0.25) is 9.59 Å². The van der Waals surface area contributed by atoms with Gasteiger partial charge in [0.25, 0.3) is 0 Å². The Bertz CT molecular complexity index is 485. The van der Waals surface area contributed by atoms with Crippen LogP contribution in [0.1, 0.15) is 20.3 Å². The number of nitrogens with zero attached hydrogens (tertiary/aromatic N) is 1. The van der Waals surface area contributed by atoms with Crippen molar-refractivity contribution in [2.45, 2.75) is 26.3 Å². The molecule has 5 heteroatoms. The molecule has 0 saturated carbocycles. The van der Waals surface area contributed by atoms with Gasteiger partial charge in [-0.25, -0.2) is 0 Å². The van der Waals surface area contributed by atoms with Crippen molar-refractivity contribution in [1.82, 2.24) is 5.32 Å². The lowest BCUT2D eigenvalue weighted by atomic mass is 10.2. The van der Waals surface area contributed by atoms with Crippen molar-refractivity contribution in [3.05, 3.63) is 24.3 Å². The predicted molar refractivity (Wildman–Crippen MR) is 75.2 cm³/mol. The second kappa shape index (κ2) is 5.84. The molecule has 0 saturated heterocycles. The lowest BCUT2D eigenvalue weighted by Gasteiger charge is -2.29. The Morgan fingerprint density at radius 3 is 2.89 bits per heavy atom. The summed E-state index contributed by atoms with van der Waals surface area (Å²) in [6, 6.07) is 7.71. The zero-order valence-corrected chi connectivity index (χ0v) is 11.3. The molecule has 5 nitrogen and oxygen atoms in total. The Morgan fingerprint density at radius 1 is 1.42 bits per heavy atom. The van der Waals surface area contributed by atoms with Crippen molar-refractivity contribution in [2.24, 2.45) is 0 Å². The topological polar surface area (TPSA) is 61.4 Å². The van der Waals surface area contributed by atoms with E-state index >= 15 is 0 Å². The molecule has 1 heterocycles. The summed E-state index contributed by atoms with van der Waals surface area (Å²) in [5.41, 5.74) is 1.47. The van der Waals surface area contributed by atoms with E-state index in [-0.39, 0.29) is 18.4 Å². The highest BCUT2D eigenvalue weighted by atomic mass is 16.2. The van der Waals surface area contributed by atoms with Gasteiger partial charge in [0.2, 0.25) is 11.8 Å². The third-order valence-corrected chi connectivity index (χ3v) is 2.96. The molecule has 19 heavy (non-hydrogen) atoms. The van der Waals surface area contributed by atoms with Crippen molar-refractivity contribution in [2.75, 3.05) is 23.3 Å². The molecule has 0 aliphatic carbocycles. The minimum atomic E-state index is -0.149. The maximum atomic E-state index is 12.2. The Hall–Kier alpha value is -1.88. The number of carbonyl (C=O) groups excluding carboxylic acids is 2. The van der Waals surface area contributed by atoms with Crippen molar-refractivity contribution < 1.29 is 9.59 Å². The van der Waals surface area contributed by atoms with Crippen molar-refractivity contribution in [3.8, 4) is 0 Å². The second-order valence-corrected chi connectivity index (χ2v) is 4.90. The van der Waals surface area contributed by atoms with Crippen LogP contribution < -0.4 is 15.5 Å². The SMILES string of the molecule is CC(C)NCCC(=O)N1CC(=O)Nc2ccccc21. The summed E-state index contributed by atoms with van der Waals surface area (Å²) in [4.78, 5) is 25.3. The first kappa shape index (κ1) is 13.5. The zero-order valence-electron chi connectivity index (χ0n) is 11.3. The molecule has 2 amide bonds. The molecule has 1 aromatic carbocycles. The van der Waals surface area contributed by atoms with Gasteiger partial charge in [0.15, 0.2) is 0 Å². The standard InChI is InChI=1S/C14H19N3O2/c1-10(2)15-8-7-14(19)17-9-13(18)16-11-5-3-4-6-12(11)17/h3-6,10,15H,7-9H2,1-2H3,(H,16,18). The summed E-state index contributed by atoms with van der Waals surface area (Å²) in [5, 5.41) is 5.97. The fourth-order valence-electron chi connectivity index (χ4n) is 2.06. The minimum Gasteiger partial charge on any atom is -0.323 e. The minimum absolute atomic E-state index is 0.0320. The number of para-hydroxylation sites is 2. The number of amides is 2. The molecule has 1 aliphatic rings. The monoisotopic (exact) mass is 261 g/mol. The smallest absolute Gasteiger partial charge is 0.244 e. The summed E-state index contributed by atoms with van der Waals surface area (Å²) in [5.74, 6) is -0.181. The molecule has 102 valence electrons. The van der Waals surface area contributed by atoms with Gasteiger partial charge in [0, 0.05) is 19.0 Å². The summed E-state index contributed by atoms with van der Waals surface area (Å²) in [6.45, 7) is 4.79. The van der Waals surface area contributed by atoms with Gasteiger partial charge in [-0.1, -0.05) is 26.0 Å². The number of carbonyl (C=O) groups is 2. The molecule has 0 fully saturated rings. The first-order valence-electron chi connectivity index (χ1n) is 6.50. The summed E-state index contributed by atoms with van der Waals surface area (Å²) >= 11 is 0. The van der Waals surface area contributed by atoms with E-state index in [1.165, 1.54) is 0 Å². The first-order valence-corrected chi connectivity index (χ1v) is 6.50. The number of benzene rings is 1. The zero-order chi connectivity index (χ0) is 13.8. The molecule has 1 aliphatic heterocycles. The fraction of sp³-hybridized carbons (Fsp3) is 0.429. The molecule has 0 aromatic heterocycles. The molecular weight excluding hydrogens is 242 g/mol. The predicted octanol–water partition coefficient (Wildman–Crippen LogP) is 1.36. The average Bonchev–Trinajstić information content (AvgIpc) is 2.37. The summed E-state index contributed by atoms with van der Waals surface area (Å²) in [6.07, 6.45) is 0.389. The normalized spacial score (nSPS) is 14.3. The molecule has 2 rings (SSSR count). The number of anilines is 2. The Balaban J connectivity index is 2.07. The van der Waals surface area contributed by atoms with Gasteiger partial charge in [-0.15, -0.1) is 0 Å². The Labute approximate surface area is 113 Å². The summed E-state index contributed by atoms with van der Waals surface area (Å²) in [7, 11) is 0. The fourth-order valence-corrected chi connectivity index (χ4v) is 2.06. The highest BCUT2D eigenvalue weighted by Crippen LogP contribution is 2.29. The van der Waals surface area contributed by atoms with Gasteiger partial charge in [0.1, 0.15) is 6.54 Å². The number of hydrogen-bond donors (Lipinski definition) is 2. The van der Waals surface area contributed by atoms with Crippen LogP contribution in [0.25, 0.3) is 0 Å². The highest BCUT2D eigenvalue weighted by Gasteiger charge is 2.25. The maximum Gasteiger partial charge on any atom is 0.244 e. The number of nitrogens with one attached hydrogen (secondary N) is 2. The van der Waals surface area contributed by atoms with E-state index in [0.29, 0.717) is 24.7 Å². The number of hydrogen-bond acceptors (Lipinski definition) is 3. The van der Waals surface area contributed by atoms with E-state index in [2.05, 4.69) is 10.6 Å². The van der Waals surface area contributed by atoms with E-state index in [1.807, 2.05) is 32.0 Å². The summed E-state index contributed by atoms with van der Waals surface area (Å²) < 4.78 is 0. The quantitative estimate of drug-likeness (QED) is 0.860. The van der Waals surface area contributed by atoms with E-state index in [4.69, 9.17) is 0 Å². The van der Waals surface area contributed by atoms with E-state index in [9.17, 15) is 9.59 Å². The van der Waals surface area contributed by atoms with Gasteiger partial charge >= 0.3 is 0 Å². The number of fused-ring (bicyclic) bond motifs is 1. The molecule has 0 radical (unpaired) electrons. The first-order chi connectivity index (χ1) is 9.08. The lowest BCUT2D eigenvalue weighted by molar-refractivity contribution is -0.121. The van der Waals surface area contributed by atoms with E-state index in [0.717, 1.165) is 5.69 Å². The molecule has 0 unspecified atom stereocenters. The van der Waals surface area contributed by atoms with Crippen molar-refractivity contribution in [1.29, 1.82) is 0 Å². The van der Waals surface area contributed by atoms with Gasteiger partial charge < -0.3 is 15.5 Å². The van der Waals surface area contributed by atoms with Crippen molar-refractivity contribution in [3.63, 3.8) is 0 Å². The number of rotatable bonds is 4. The average molecular weight is 261 g/mol. The van der Waals surface area contributed by atoms with Crippen LogP contribution in [0.3, 0.4) is 0 Å². The maximum absolute atomic E-state index is 12.2. The second-order valence-electron chi connectivity index (χ2n) is 4.90. The molecule has 1 aromatic rings. The van der Waals surface area contributed by atoms with Crippen LogP contribution >= 0.6 is 0 Å². The van der Waals surface area contributed by atoms with Crippen molar-refractivity contribution >= 4 is 23.2 Å². The van der Waals surface area contributed by atoms with Crippen LogP contribution in [0.15, 0.2) is 24.3 Å². The molecule has 0 bridgehead atoms. The molecule has 0 spiro atoms. The Kier molecular flexibility index (Phi) is 4.16. The largest absolute Gasteiger partial charge is 0.323 e. The van der Waals surface area contributed by atoms with Gasteiger partial charge in [-0.2, -0.15) is 0 Å². The van der Waals surface area contributed by atoms with Crippen LogP contribution in [-0.2, 0) is 9.59 Å². The Morgan fingerprint density at radius 2 is 2.16 bits per heavy atom. The van der Waals surface area contributed by atoms with Crippen LogP contribution in [-0.4, -0.2) is 30.9 Å². The molecular formula is C14H19N3O2. The van der Waals surface area contributed by atoms with Gasteiger partial charge in [0.05, 0.1) is 11.4 Å². The van der Waals surface area contributed by atoms with E-state index in [1.54, 1.807) is 11.0 Å². The lowest BCUT2D eigenvalue weighted by Crippen LogP contribution is -2.43. The van der Waals surface area contributed by atoms with Gasteiger partial charge in [-0.05, 0) is 12.1 Å². The molecule has 0 atom stereocenters. The van der Waals surface area contributed by atoms with Crippen LogP contribution in [0.5, 0.6) is 0 Å². The third-order valence-electron chi connectivity index (χ3n) is 2.96.